The highest BCUT2D eigenvalue weighted by atomic mass is 79.9. The molecule has 1 aromatic carbocycles. The number of benzene rings is 1. The first-order valence-electron chi connectivity index (χ1n) is 27.0. The number of imide groups is 1. The Morgan fingerprint density at radius 1 is 1.07 bits per heavy atom. The summed E-state index contributed by atoms with van der Waals surface area (Å²) in [5.74, 6) is -3.01. The first-order chi connectivity index (χ1) is 39.5. The zero-order chi connectivity index (χ0) is 61.4. The number of rotatable bonds is 38. The second-order valence-corrected chi connectivity index (χ2v) is 22.3. The molecule has 0 spiro atoms. The number of carbonyl (C=O) groups is 9. The first kappa shape index (κ1) is 70.0. The van der Waals surface area contributed by atoms with Gasteiger partial charge in [-0.3, -0.25) is 39.0 Å². The Morgan fingerprint density at radius 3 is 2.45 bits per heavy atom. The maximum absolute atomic E-state index is 13.6. The molecule has 7 N–H and O–H groups in total. The zero-order valence-electron chi connectivity index (χ0n) is 48.2. The molecule has 3 saturated heterocycles. The Hall–Kier alpha value is -5.49. The van der Waals surface area contributed by atoms with E-state index in [9.17, 15) is 48.3 Å². The molecule has 3 heterocycles. The number of likely N-dealkylation sites (tertiary alicyclic amines) is 1. The van der Waals surface area contributed by atoms with Gasteiger partial charge in [-0.15, -0.1) is 11.8 Å². The number of cyclic esters (lactones) is 1. The highest BCUT2D eigenvalue weighted by Crippen LogP contribution is 2.48. The van der Waals surface area contributed by atoms with Crippen LogP contribution < -0.4 is 31.3 Å². The molecule has 7 amide bonds. The number of ether oxygens (including phenoxy) is 8. The predicted octanol–water partition coefficient (Wildman–Crippen LogP) is 1.16. The van der Waals surface area contributed by atoms with E-state index in [1.54, 1.807) is 33.1 Å². The third kappa shape index (κ3) is 21.2. The fourth-order valence-corrected chi connectivity index (χ4v) is 10.7. The van der Waals surface area contributed by atoms with E-state index in [0.29, 0.717) is 23.5 Å². The average Bonchev–Trinajstić information content (AvgIpc) is 3.19. The molecule has 462 valence electrons. The van der Waals surface area contributed by atoms with Gasteiger partial charge in [-0.2, -0.15) is 0 Å². The van der Waals surface area contributed by atoms with E-state index in [0.717, 1.165) is 39.6 Å². The second kappa shape index (κ2) is 34.5. The van der Waals surface area contributed by atoms with Crippen LogP contribution in [0.25, 0.3) is 0 Å². The number of nitrogens with zero attached hydrogens (tertiary/aromatic N) is 2. The number of aldehydes is 1. The summed E-state index contributed by atoms with van der Waals surface area (Å²) in [4.78, 5) is 115. The number of methoxy groups -OCH3 is 2. The maximum Gasteiger partial charge on any atom is 0.409 e. The summed E-state index contributed by atoms with van der Waals surface area (Å²) in [6.45, 7) is 10.7. The Kier molecular flexibility index (Phi) is 29.1. The Bertz CT molecular complexity index is 2490. The van der Waals surface area contributed by atoms with Gasteiger partial charge < -0.3 is 74.0 Å². The number of thioether (sulfide) groups is 1. The van der Waals surface area contributed by atoms with Crippen molar-refractivity contribution in [2.75, 3.05) is 98.6 Å². The molecule has 0 radical (unpaired) electrons. The highest BCUT2D eigenvalue weighted by molar-refractivity contribution is 9.09. The van der Waals surface area contributed by atoms with Gasteiger partial charge >= 0.3 is 12.1 Å². The molecule has 0 saturated carbocycles. The van der Waals surface area contributed by atoms with Crippen molar-refractivity contribution in [2.45, 2.75) is 113 Å². The molecular formula is C55H80BrClN7O18S+. The number of aliphatic hydroxyl groups is 1. The van der Waals surface area contributed by atoms with Gasteiger partial charge in [0.05, 0.1) is 69.9 Å². The number of esters is 1. The number of halogens is 2. The molecule has 83 heavy (non-hydrogen) atoms. The summed E-state index contributed by atoms with van der Waals surface area (Å²) in [6.07, 6.45) is 1.78. The number of nitrogens with two attached hydrogens (primary N) is 1. The van der Waals surface area contributed by atoms with E-state index in [1.165, 1.54) is 26.0 Å². The monoisotopic (exact) mass is 1270 g/mol. The fourth-order valence-electron chi connectivity index (χ4n) is 9.14. The van der Waals surface area contributed by atoms with Gasteiger partial charge in [0.15, 0.2) is 11.4 Å². The minimum absolute atomic E-state index is 0.0170. The van der Waals surface area contributed by atoms with E-state index in [1.807, 2.05) is 37.5 Å². The minimum Gasteiger partial charge on any atom is -0.495 e. The van der Waals surface area contributed by atoms with Crippen molar-refractivity contribution in [2.24, 2.45) is 5.92 Å². The SMILES string of the molecule is C=CC(=O)NCC(CNC(=O)CBr)OCC(=O)NCCOCCOCCN1C(=O)CC(SCCC(=O)N(C)[C@@H](C)C(=O)O[C@@H](CC=O)[C@]2(C)O[C@H]2[C@H](C)[C@@H]2C[C@](O)([C@@H](/C=C/C=C(\C)Cc3cc([NH2+]C)c(Cl)c(OC)c3)OC)NC(=O)O2)C1=O. The van der Waals surface area contributed by atoms with Crippen LogP contribution in [0.4, 0.5) is 10.5 Å². The number of likely N-dealkylation sites (N-methyl/N-ethyl adjacent to an activating group) is 1. The van der Waals surface area contributed by atoms with Crippen molar-refractivity contribution in [3.8, 4) is 5.75 Å². The van der Waals surface area contributed by atoms with E-state index >= 15 is 0 Å². The van der Waals surface area contributed by atoms with Gasteiger partial charge in [0.25, 0.3) is 0 Å². The van der Waals surface area contributed by atoms with Crippen molar-refractivity contribution in [1.29, 1.82) is 0 Å². The summed E-state index contributed by atoms with van der Waals surface area (Å²) >= 11 is 10.6. The fraction of sp³-hybridized carbons (Fsp3) is 0.618. The quantitative estimate of drug-likeness (QED) is 0.00623. The van der Waals surface area contributed by atoms with Crippen LogP contribution in [0, 0.1) is 5.92 Å². The molecule has 25 nitrogen and oxygen atoms in total. The topological polar surface area (TPSA) is 322 Å². The van der Waals surface area contributed by atoms with Crippen molar-refractivity contribution >= 4 is 98.8 Å². The summed E-state index contributed by atoms with van der Waals surface area (Å²) in [5.41, 5.74) is -0.291. The van der Waals surface area contributed by atoms with E-state index < -0.39 is 94.7 Å². The molecule has 3 aliphatic rings. The van der Waals surface area contributed by atoms with E-state index in [4.69, 9.17) is 49.5 Å². The van der Waals surface area contributed by atoms with Crippen molar-refractivity contribution < 1.29 is 91.5 Å². The van der Waals surface area contributed by atoms with Crippen LogP contribution in [-0.4, -0.2) is 220 Å². The van der Waals surface area contributed by atoms with Gasteiger partial charge in [-0.25, -0.2) is 9.59 Å². The van der Waals surface area contributed by atoms with Crippen LogP contribution in [0.3, 0.4) is 0 Å². The lowest BCUT2D eigenvalue weighted by molar-refractivity contribution is -0.539. The molecule has 0 bridgehead atoms. The van der Waals surface area contributed by atoms with Crippen molar-refractivity contribution in [1.82, 2.24) is 31.1 Å². The first-order valence-corrected chi connectivity index (χ1v) is 29.6. The molecule has 3 fully saturated rings. The van der Waals surface area contributed by atoms with Crippen molar-refractivity contribution in [3.63, 3.8) is 0 Å². The van der Waals surface area contributed by atoms with Gasteiger partial charge in [-0.1, -0.05) is 64.8 Å². The number of epoxide rings is 1. The van der Waals surface area contributed by atoms with Crippen LogP contribution >= 0.6 is 39.3 Å². The highest BCUT2D eigenvalue weighted by Gasteiger charge is 2.64. The number of hydrogen-bond acceptors (Lipinski definition) is 19. The number of alkyl carbamates (subject to hydrolysis) is 1. The third-order valence-corrected chi connectivity index (χ3v) is 16.2. The summed E-state index contributed by atoms with van der Waals surface area (Å²) in [6, 6.07) is 2.76. The smallest absolute Gasteiger partial charge is 0.409 e. The van der Waals surface area contributed by atoms with Crippen LogP contribution in [0.15, 0.2) is 48.6 Å². The lowest BCUT2D eigenvalue weighted by Crippen LogP contribution is -2.72. The zero-order valence-corrected chi connectivity index (χ0v) is 51.4. The van der Waals surface area contributed by atoms with Crippen molar-refractivity contribution in [3.05, 3.63) is 59.2 Å². The van der Waals surface area contributed by atoms with E-state index in [2.05, 4.69) is 43.8 Å². The van der Waals surface area contributed by atoms with Crippen LogP contribution in [-0.2, 0) is 77.9 Å². The van der Waals surface area contributed by atoms with Gasteiger partial charge in [0.2, 0.25) is 35.4 Å². The Labute approximate surface area is 501 Å². The number of alkyl halides is 1. The predicted molar refractivity (Wildman–Crippen MR) is 308 cm³/mol. The van der Waals surface area contributed by atoms with Crippen LogP contribution in [0.2, 0.25) is 5.02 Å². The molecule has 10 atom stereocenters. The molecule has 0 aromatic heterocycles. The summed E-state index contributed by atoms with van der Waals surface area (Å²) in [7, 11) is 6.28. The van der Waals surface area contributed by atoms with Gasteiger partial charge in [0.1, 0.15) is 53.6 Å². The number of quaternary nitrogens is 1. The van der Waals surface area contributed by atoms with E-state index in [-0.39, 0.29) is 108 Å². The summed E-state index contributed by atoms with van der Waals surface area (Å²) in [5, 5.41) is 24.0. The number of nitrogens with one attached hydrogen (secondary N) is 4. The van der Waals surface area contributed by atoms with Gasteiger partial charge in [0, 0.05) is 77.2 Å². The molecule has 3 aliphatic heterocycles. The standard InChI is InChI=1S/C55H79BrClN7O18S/c1-10-44(66)60-30-37(31-61-45(67)29-56)79-32-46(68)59-16-19-77-21-22-78-20-17-64-48(70)27-41(51(64)71)83-23-15-47(69)63(7)35(4)52(72)81-42(14-18-65)54(5)50(82-54)34(3)40-28-55(74,62-53(73)80-40)43(76-9)13-11-12-33(2)24-36-25-38(58-6)49(57)39(26-36)75-8/h10-13,18,25-26,34-35,37,40-43,50,58,74H,1,14-17,19-24,27-32H2,2-9H3,(H,59,68)(H,60,66)(H,61,67)(H,62,73)/p+1/b13-11+,33-12+/t34-,35+,37?,40+,41?,42+,43-,50+,54+,55+/m1/s1. The lowest BCUT2D eigenvalue weighted by Gasteiger charge is -2.42. The molecular weight excluding hydrogens is 1190 g/mol. The number of carbonyl (C=O) groups excluding carboxylic acids is 9. The second-order valence-electron chi connectivity index (χ2n) is 20.1. The molecule has 2 unspecified atom stereocenters. The average molecular weight is 1270 g/mol. The largest absolute Gasteiger partial charge is 0.495 e. The van der Waals surface area contributed by atoms with Gasteiger partial charge in [-0.05, 0) is 44.9 Å². The Morgan fingerprint density at radius 2 is 1.78 bits per heavy atom. The number of hydrogen-bond donors (Lipinski definition) is 6. The van der Waals surface area contributed by atoms with Crippen LogP contribution in [0.1, 0.15) is 58.9 Å². The van der Waals surface area contributed by atoms with Crippen LogP contribution in [0.5, 0.6) is 5.75 Å². The molecule has 0 aliphatic carbocycles. The normalized spacial score (nSPS) is 22.3. The molecule has 4 rings (SSSR count). The number of amides is 7. The molecule has 28 heteroatoms. The summed E-state index contributed by atoms with van der Waals surface area (Å²) < 4.78 is 45.3. The maximum atomic E-state index is 13.6. The molecule has 1 aromatic rings. The number of allylic oxidation sites excluding steroid dienone is 3. The Balaban J connectivity index is 1.16. The minimum atomic E-state index is -1.90. The lowest BCUT2D eigenvalue weighted by atomic mass is 9.84. The third-order valence-electron chi connectivity index (χ3n) is 14.1.